The van der Waals surface area contributed by atoms with Gasteiger partial charge in [0.25, 0.3) is 0 Å². The number of hydrogen-bond acceptors (Lipinski definition) is 3. The minimum absolute atomic E-state index is 0.0300. The second-order valence-corrected chi connectivity index (χ2v) is 4.07. The number of nitrogens with zero attached hydrogens (tertiary/aromatic N) is 1. The van der Waals surface area contributed by atoms with Gasteiger partial charge in [0.1, 0.15) is 11.9 Å². The summed E-state index contributed by atoms with van der Waals surface area (Å²) in [5.41, 5.74) is 6.88. The number of hydrogen-bond donors (Lipinski definition) is 1. The molecule has 15 heavy (non-hydrogen) atoms. The normalized spacial score (nSPS) is 14.5. The highest BCUT2D eigenvalue weighted by Crippen LogP contribution is 2.20. The third kappa shape index (κ3) is 3.44. The van der Waals surface area contributed by atoms with Crippen LogP contribution < -0.4 is 15.4 Å². The van der Waals surface area contributed by atoms with E-state index in [1.54, 1.807) is 0 Å². The van der Waals surface area contributed by atoms with Crippen molar-refractivity contribution >= 4 is 5.69 Å². The minimum atomic E-state index is 0.0300. The second-order valence-electron chi connectivity index (χ2n) is 4.07. The minimum Gasteiger partial charge on any atom is -0.489 e. The average Bonchev–Trinajstić information content (AvgIpc) is 2.18. The highest BCUT2D eigenvalue weighted by Gasteiger charge is 2.09. The molecule has 0 aromatic heterocycles. The fourth-order valence-electron chi connectivity index (χ4n) is 1.16. The molecule has 1 aromatic rings. The topological polar surface area (TPSA) is 38.5 Å². The molecule has 1 aromatic carbocycles. The third-order valence-electron chi connectivity index (χ3n) is 2.40. The van der Waals surface area contributed by atoms with Crippen LogP contribution in [0.5, 0.6) is 5.75 Å². The SMILES string of the molecule is CC(N)C(C)Oc1cccc(N(C)C)c1. The van der Waals surface area contributed by atoms with E-state index in [1.807, 2.05) is 57.1 Å². The van der Waals surface area contributed by atoms with Crippen LogP contribution in [0.25, 0.3) is 0 Å². The lowest BCUT2D eigenvalue weighted by molar-refractivity contribution is 0.197. The summed E-state index contributed by atoms with van der Waals surface area (Å²) >= 11 is 0. The van der Waals surface area contributed by atoms with Crippen molar-refractivity contribution in [1.29, 1.82) is 0 Å². The Balaban J connectivity index is 2.73. The van der Waals surface area contributed by atoms with Gasteiger partial charge in [0.15, 0.2) is 0 Å². The lowest BCUT2D eigenvalue weighted by Gasteiger charge is -2.19. The third-order valence-corrected chi connectivity index (χ3v) is 2.40. The Labute approximate surface area is 91.8 Å². The summed E-state index contributed by atoms with van der Waals surface area (Å²) in [5, 5.41) is 0. The van der Waals surface area contributed by atoms with Gasteiger partial charge in [-0.05, 0) is 26.0 Å². The number of ether oxygens (including phenoxy) is 1. The zero-order valence-corrected chi connectivity index (χ0v) is 9.90. The van der Waals surface area contributed by atoms with Crippen molar-refractivity contribution in [2.24, 2.45) is 5.73 Å². The monoisotopic (exact) mass is 208 g/mol. The Kier molecular flexibility index (Phi) is 3.97. The molecule has 0 aliphatic carbocycles. The molecular weight excluding hydrogens is 188 g/mol. The Hall–Kier alpha value is -1.22. The summed E-state index contributed by atoms with van der Waals surface area (Å²) in [6.07, 6.45) is 0.0300. The fraction of sp³-hybridized carbons (Fsp3) is 0.500. The van der Waals surface area contributed by atoms with Gasteiger partial charge in [-0.2, -0.15) is 0 Å². The summed E-state index contributed by atoms with van der Waals surface area (Å²) in [5.74, 6) is 0.867. The standard InChI is InChI=1S/C12H20N2O/c1-9(13)10(2)15-12-7-5-6-11(8-12)14(3)4/h5-10H,13H2,1-4H3. The Morgan fingerprint density at radius 1 is 1.27 bits per heavy atom. The molecule has 0 amide bonds. The molecule has 0 bridgehead atoms. The smallest absolute Gasteiger partial charge is 0.121 e. The van der Waals surface area contributed by atoms with Gasteiger partial charge in [0.05, 0.1) is 0 Å². The van der Waals surface area contributed by atoms with Gasteiger partial charge in [-0.3, -0.25) is 0 Å². The maximum absolute atomic E-state index is 5.75. The molecule has 0 radical (unpaired) electrons. The van der Waals surface area contributed by atoms with E-state index in [1.165, 1.54) is 0 Å². The van der Waals surface area contributed by atoms with E-state index in [4.69, 9.17) is 10.5 Å². The van der Waals surface area contributed by atoms with Crippen molar-refractivity contribution < 1.29 is 4.74 Å². The maximum atomic E-state index is 5.75. The van der Waals surface area contributed by atoms with Crippen LogP contribution in [0.2, 0.25) is 0 Å². The van der Waals surface area contributed by atoms with Crippen molar-refractivity contribution in [2.75, 3.05) is 19.0 Å². The fourth-order valence-corrected chi connectivity index (χ4v) is 1.16. The molecule has 0 fully saturated rings. The molecular formula is C12H20N2O. The first-order chi connectivity index (χ1) is 7.00. The molecule has 3 heteroatoms. The van der Waals surface area contributed by atoms with E-state index in [0.29, 0.717) is 0 Å². The van der Waals surface area contributed by atoms with Crippen LogP contribution in [0.15, 0.2) is 24.3 Å². The molecule has 0 saturated carbocycles. The summed E-state index contributed by atoms with van der Waals surface area (Å²) in [4.78, 5) is 2.05. The van der Waals surface area contributed by atoms with Crippen molar-refractivity contribution in [1.82, 2.24) is 0 Å². The molecule has 0 aliphatic heterocycles. The lowest BCUT2D eigenvalue weighted by atomic mass is 10.2. The Morgan fingerprint density at radius 2 is 1.93 bits per heavy atom. The molecule has 0 spiro atoms. The summed E-state index contributed by atoms with van der Waals surface area (Å²) in [6, 6.07) is 8.03. The molecule has 1 rings (SSSR count). The van der Waals surface area contributed by atoms with Crippen LogP contribution in [0.4, 0.5) is 5.69 Å². The summed E-state index contributed by atoms with van der Waals surface area (Å²) in [7, 11) is 4.02. The highest BCUT2D eigenvalue weighted by molar-refractivity contribution is 5.49. The quantitative estimate of drug-likeness (QED) is 0.821. The molecule has 0 aliphatic rings. The Bertz CT molecular complexity index is 310. The van der Waals surface area contributed by atoms with Crippen molar-refractivity contribution in [2.45, 2.75) is 26.0 Å². The molecule has 2 N–H and O–H groups in total. The van der Waals surface area contributed by atoms with Gasteiger partial charge in [0, 0.05) is 31.9 Å². The number of benzene rings is 1. The van der Waals surface area contributed by atoms with Gasteiger partial charge in [-0.1, -0.05) is 6.07 Å². The van der Waals surface area contributed by atoms with Crippen molar-refractivity contribution in [3.63, 3.8) is 0 Å². The van der Waals surface area contributed by atoms with Gasteiger partial charge >= 0.3 is 0 Å². The predicted octanol–water partition coefficient (Wildman–Crippen LogP) is 1.87. The predicted molar refractivity (Wildman–Crippen MR) is 64.5 cm³/mol. The maximum Gasteiger partial charge on any atom is 0.121 e. The highest BCUT2D eigenvalue weighted by atomic mass is 16.5. The van der Waals surface area contributed by atoms with E-state index in [9.17, 15) is 0 Å². The van der Waals surface area contributed by atoms with Crippen LogP contribution in [-0.4, -0.2) is 26.2 Å². The van der Waals surface area contributed by atoms with Crippen molar-refractivity contribution in [3.05, 3.63) is 24.3 Å². The molecule has 3 nitrogen and oxygen atoms in total. The van der Waals surface area contributed by atoms with Gasteiger partial charge in [0.2, 0.25) is 0 Å². The lowest BCUT2D eigenvalue weighted by Crippen LogP contribution is -2.33. The number of anilines is 1. The van der Waals surface area contributed by atoms with Crippen LogP contribution >= 0.6 is 0 Å². The Morgan fingerprint density at radius 3 is 2.47 bits per heavy atom. The van der Waals surface area contributed by atoms with Crippen LogP contribution in [-0.2, 0) is 0 Å². The van der Waals surface area contributed by atoms with Crippen molar-refractivity contribution in [3.8, 4) is 5.75 Å². The molecule has 2 unspecified atom stereocenters. The number of rotatable bonds is 4. The zero-order chi connectivity index (χ0) is 11.4. The average molecular weight is 208 g/mol. The first-order valence-corrected chi connectivity index (χ1v) is 5.20. The largest absolute Gasteiger partial charge is 0.489 e. The van der Waals surface area contributed by atoms with E-state index in [2.05, 4.69) is 0 Å². The van der Waals surface area contributed by atoms with Crippen LogP contribution in [0.1, 0.15) is 13.8 Å². The first kappa shape index (κ1) is 11.9. The van der Waals surface area contributed by atoms with Crippen LogP contribution in [0, 0.1) is 0 Å². The zero-order valence-electron chi connectivity index (χ0n) is 9.90. The van der Waals surface area contributed by atoms with Gasteiger partial charge < -0.3 is 15.4 Å². The molecule has 0 saturated heterocycles. The second kappa shape index (κ2) is 5.03. The number of nitrogens with two attached hydrogens (primary N) is 1. The van der Waals surface area contributed by atoms with E-state index in [0.717, 1.165) is 11.4 Å². The first-order valence-electron chi connectivity index (χ1n) is 5.20. The molecule has 0 heterocycles. The molecule has 2 atom stereocenters. The van der Waals surface area contributed by atoms with Crippen LogP contribution in [0.3, 0.4) is 0 Å². The van der Waals surface area contributed by atoms with E-state index < -0.39 is 0 Å². The van der Waals surface area contributed by atoms with Gasteiger partial charge in [-0.15, -0.1) is 0 Å². The van der Waals surface area contributed by atoms with E-state index >= 15 is 0 Å². The van der Waals surface area contributed by atoms with Gasteiger partial charge in [-0.25, -0.2) is 0 Å². The summed E-state index contributed by atoms with van der Waals surface area (Å²) < 4.78 is 5.71. The van der Waals surface area contributed by atoms with E-state index in [-0.39, 0.29) is 12.1 Å². The molecule has 84 valence electrons. The summed E-state index contributed by atoms with van der Waals surface area (Å²) in [6.45, 7) is 3.92.